The summed E-state index contributed by atoms with van der Waals surface area (Å²) >= 11 is 0. The number of ether oxygens (including phenoxy) is 1. The Balaban J connectivity index is 2.81. The largest absolute Gasteiger partial charge is 0.475 e. The fraction of sp³-hybridized carbons (Fsp3) is 0.769. The number of allylic oxidation sites excluding steroid dienone is 1. The van der Waals surface area contributed by atoms with Crippen molar-refractivity contribution in [2.24, 2.45) is 0 Å². The highest BCUT2D eigenvalue weighted by Gasteiger charge is 2.35. The molecule has 0 aliphatic heterocycles. The van der Waals surface area contributed by atoms with Gasteiger partial charge in [-0.25, -0.2) is 9.36 Å². The fourth-order valence-electron chi connectivity index (χ4n) is 1.96. The Bertz CT molecular complexity index is 382. The van der Waals surface area contributed by atoms with Gasteiger partial charge in [0.1, 0.15) is 6.10 Å². The molecule has 0 aromatic heterocycles. The van der Waals surface area contributed by atoms with E-state index in [2.05, 4.69) is 0 Å². The lowest BCUT2D eigenvalue weighted by molar-refractivity contribution is -0.139. The number of hydrogen-bond acceptors (Lipinski definition) is 6. The van der Waals surface area contributed by atoms with Crippen LogP contribution < -0.4 is 0 Å². The zero-order chi connectivity index (χ0) is 15.0. The minimum atomic E-state index is -3.63. The van der Waals surface area contributed by atoms with Gasteiger partial charge in [0.05, 0.1) is 25.4 Å². The van der Waals surface area contributed by atoms with Crippen LogP contribution in [0.15, 0.2) is 11.6 Å². The van der Waals surface area contributed by atoms with E-state index >= 15 is 0 Å². The molecule has 0 radical (unpaired) electrons. The SMILES string of the molecule is CCOC(=O)C1=CCCCC1OP(=O)(OCC)OCC. The lowest BCUT2D eigenvalue weighted by atomic mass is 9.97. The van der Waals surface area contributed by atoms with Crippen LogP contribution >= 0.6 is 7.82 Å². The van der Waals surface area contributed by atoms with Gasteiger partial charge in [-0.05, 0) is 40.0 Å². The van der Waals surface area contributed by atoms with Crippen molar-refractivity contribution < 1.29 is 27.7 Å². The monoisotopic (exact) mass is 306 g/mol. The molecule has 0 bridgehead atoms. The highest BCUT2D eigenvalue weighted by Crippen LogP contribution is 2.52. The normalized spacial score (nSPS) is 19.6. The van der Waals surface area contributed by atoms with Crippen LogP contribution in [0.5, 0.6) is 0 Å². The summed E-state index contributed by atoms with van der Waals surface area (Å²) in [6.45, 7) is 5.86. The summed E-state index contributed by atoms with van der Waals surface area (Å²) in [5.74, 6) is -0.434. The maximum Gasteiger partial charge on any atom is 0.475 e. The first-order chi connectivity index (χ1) is 9.56. The maximum atomic E-state index is 12.4. The van der Waals surface area contributed by atoms with E-state index in [9.17, 15) is 9.36 Å². The van der Waals surface area contributed by atoms with Gasteiger partial charge in [0, 0.05) is 0 Å². The molecule has 6 nitrogen and oxygen atoms in total. The van der Waals surface area contributed by atoms with Gasteiger partial charge in [-0.2, -0.15) is 0 Å². The number of phosphoric ester groups is 1. The Morgan fingerprint density at radius 2 is 1.90 bits per heavy atom. The van der Waals surface area contributed by atoms with Crippen LogP contribution in [0.3, 0.4) is 0 Å². The second-order valence-electron chi connectivity index (χ2n) is 4.19. The van der Waals surface area contributed by atoms with E-state index < -0.39 is 19.9 Å². The third kappa shape index (κ3) is 5.02. The third-order valence-electron chi connectivity index (χ3n) is 2.72. The first-order valence-corrected chi connectivity index (χ1v) is 8.47. The van der Waals surface area contributed by atoms with Crippen LogP contribution in [-0.2, 0) is 27.7 Å². The molecule has 0 N–H and O–H groups in total. The smallest absolute Gasteiger partial charge is 0.463 e. The molecule has 0 fully saturated rings. The average molecular weight is 306 g/mol. The van der Waals surface area contributed by atoms with Gasteiger partial charge in [0.25, 0.3) is 0 Å². The Hall–Kier alpha value is -0.680. The van der Waals surface area contributed by atoms with Crippen molar-refractivity contribution in [1.29, 1.82) is 0 Å². The molecule has 0 aromatic rings. The van der Waals surface area contributed by atoms with Crippen molar-refractivity contribution in [2.45, 2.75) is 46.1 Å². The molecule has 0 amide bonds. The standard InChI is InChI=1S/C13H23O6P/c1-4-16-13(14)11-9-7-8-10-12(11)19-20(15,17-5-2)18-6-3/h9,12H,4-8,10H2,1-3H3. The van der Waals surface area contributed by atoms with Gasteiger partial charge in [-0.1, -0.05) is 6.08 Å². The molecule has 20 heavy (non-hydrogen) atoms. The van der Waals surface area contributed by atoms with Crippen LogP contribution in [0.2, 0.25) is 0 Å². The Morgan fingerprint density at radius 1 is 1.25 bits per heavy atom. The number of rotatable bonds is 8. The van der Waals surface area contributed by atoms with E-state index in [0.29, 0.717) is 12.0 Å². The molecule has 1 unspecified atom stereocenters. The molecule has 1 rings (SSSR count). The van der Waals surface area contributed by atoms with E-state index in [-0.39, 0.29) is 19.8 Å². The lowest BCUT2D eigenvalue weighted by Crippen LogP contribution is -2.25. The van der Waals surface area contributed by atoms with Crippen LogP contribution in [0.4, 0.5) is 0 Å². The minimum Gasteiger partial charge on any atom is -0.463 e. The van der Waals surface area contributed by atoms with E-state index in [1.807, 2.05) is 0 Å². The summed E-state index contributed by atoms with van der Waals surface area (Å²) < 4.78 is 33.0. The van der Waals surface area contributed by atoms with Crippen molar-refractivity contribution in [3.8, 4) is 0 Å². The van der Waals surface area contributed by atoms with E-state index in [4.69, 9.17) is 18.3 Å². The summed E-state index contributed by atoms with van der Waals surface area (Å²) in [7, 11) is -3.63. The van der Waals surface area contributed by atoms with Crippen LogP contribution in [0, 0.1) is 0 Å². The molecule has 1 aliphatic rings. The number of hydrogen-bond donors (Lipinski definition) is 0. The van der Waals surface area contributed by atoms with E-state index in [0.717, 1.165) is 12.8 Å². The maximum absolute atomic E-state index is 12.4. The Morgan fingerprint density at radius 3 is 2.45 bits per heavy atom. The molecule has 0 saturated heterocycles. The van der Waals surface area contributed by atoms with Crippen molar-refractivity contribution in [3.05, 3.63) is 11.6 Å². The number of phosphoric acid groups is 1. The predicted octanol–water partition coefficient (Wildman–Crippen LogP) is 3.23. The molecule has 7 heteroatoms. The molecule has 0 heterocycles. The summed E-state index contributed by atoms with van der Waals surface area (Å²) in [6, 6.07) is 0. The first kappa shape index (κ1) is 17.4. The summed E-state index contributed by atoms with van der Waals surface area (Å²) in [6.07, 6.45) is 3.39. The van der Waals surface area contributed by atoms with Gasteiger partial charge in [0.15, 0.2) is 0 Å². The van der Waals surface area contributed by atoms with Gasteiger partial charge < -0.3 is 4.74 Å². The number of carbonyl (C=O) groups excluding carboxylic acids is 1. The van der Waals surface area contributed by atoms with E-state index in [1.54, 1.807) is 26.8 Å². The second kappa shape index (κ2) is 8.57. The van der Waals surface area contributed by atoms with Crippen LogP contribution in [0.1, 0.15) is 40.0 Å². The van der Waals surface area contributed by atoms with E-state index in [1.165, 1.54) is 0 Å². The number of carbonyl (C=O) groups is 1. The highest BCUT2D eigenvalue weighted by atomic mass is 31.2. The summed E-state index contributed by atoms with van der Waals surface area (Å²) in [4.78, 5) is 11.9. The van der Waals surface area contributed by atoms with Gasteiger partial charge in [0.2, 0.25) is 0 Å². The summed E-state index contributed by atoms with van der Waals surface area (Å²) in [5.41, 5.74) is 0.401. The van der Waals surface area contributed by atoms with Crippen LogP contribution in [0.25, 0.3) is 0 Å². The molecule has 0 spiro atoms. The molecular formula is C13H23O6P. The van der Waals surface area contributed by atoms with Gasteiger partial charge >= 0.3 is 13.8 Å². The molecular weight excluding hydrogens is 283 g/mol. The van der Waals surface area contributed by atoms with Crippen molar-refractivity contribution in [2.75, 3.05) is 19.8 Å². The quantitative estimate of drug-likeness (QED) is 0.506. The van der Waals surface area contributed by atoms with Crippen molar-refractivity contribution in [1.82, 2.24) is 0 Å². The highest BCUT2D eigenvalue weighted by molar-refractivity contribution is 7.48. The minimum absolute atomic E-state index is 0.211. The topological polar surface area (TPSA) is 71.1 Å². The average Bonchev–Trinajstić information content (AvgIpc) is 2.40. The Labute approximate surface area is 120 Å². The number of esters is 1. The fourth-order valence-corrected chi connectivity index (χ4v) is 3.32. The van der Waals surface area contributed by atoms with Crippen molar-refractivity contribution >= 4 is 13.8 Å². The first-order valence-electron chi connectivity index (χ1n) is 7.01. The van der Waals surface area contributed by atoms with Gasteiger partial charge in [-0.15, -0.1) is 0 Å². The molecule has 1 aliphatic carbocycles. The third-order valence-corrected chi connectivity index (χ3v) is 4.39. The zero-order valence-electron chi connectivity index (χ0n) is 12.3. The predicted molar refractivity (Wildman–Crippen MR) is 74.3 cm³/mol. The zero-order valence-corrected chi connectivity index (χ0v) is 13.2. The Kier molecular flexibility index (Phi) is 7.45. The lowest BCUT2D eigenvalue weighted by Gasteiger charge is -2.26. The van der Waals surface area contributed by atoms with Gasteiger partial charge in [-0.3, -0.25) is 13.6 Å². The molecule has 0 saturated carbocycles. The second-order valence-corrected chi connectivity index (χ2v) is 5.81. The molecule has 1 atom stereocenters. The van der Waals surface area contributed by atoms with Crippen LogP contribution in [-0.4, -0.2) is 31.9 Å². The summed E-state index contributed by atoms with van der Waals surface area (Å²) in [5, 5.41) is 0. The molecule has 0 aromatic carbocycles. The molecule has 116 valence electrons. The van der Waals surface area contributed by atoms with Crippen molar-refractivity contribution in [3.63, 3.8) is 0 Å².